The number of halogens is 3. The average Bonchev–Trinajstić information content (AvgIpc) is 3.13. The zero-order valence-corrected chi connectivity index (χ0v) is 17.1. The second-order valence-corrected chi connectivity index (χ2v) is 7.99. The molecule has 3 aromatic rings. The molecule has 164 valence electrons. The number of rotatable bonds is 6. The number of nitrogens with zero attached hydrogens (tertiary/aromatic N) is 2. The summed E-state index contributed by atoms with van der Waals surface area (Å²) in [7, 11) is -1.34. The number of hydrogen-bond donors (Lipinski definition) is 2. The Morgan fingerprint density at radius 3 is 2.26 bits per heavy atom. The van der Waals surface area contributed by atoms with Crippen LogP contribution in [0.5, 0.6) is 5.75 Å². The van der Waals surface area contributed by atoms with Gasteiger partial charge in [0.2, 0.25) is 0 Å². The number of hydrogen-bond acceptors (Lipinski definition) is 5. The summed E-state index contributed by atoms with van der Waals surface area (Å²) in [6.07, 6.45) is -3.07. The van der Waals surface area contributed by atoms with Crippen molar-refractivity contribution in [3.63, 3.8) is 0 Å². The van der Waals surface area contributed by atoms with E-state index >= 15 is 0 Å². The van der Waals surface area contributed by atoms with Crippen molar-refractivity contribution in [1.82, 2.24) is 9.78 Å². The lowest BCUT2D eigenvalue weighted by Gasteiger charge is -2.14. The van der Waals surface area contributed by atoms with E-state index in [1.54, 1.807) is 7.05 Å². The van der Waals surface area contributed by atoms with Crippen molar-refractivity contribution in [3.05, 3.63) is 66.0 Å². The minimum Gasteiger partial charge on any atom is -0.495 e. The number of nitrogens with one attached hydrogen (secondary N) is 2. The van der Waals surface area contributed by atoms with Gasteiger partial charge < -0.3 is 10.1 Å². The van der Waals surface area contributed by atoms with E-state index in [0.29, 0.717) is 5.69 Å². The Kier molecular flexibility index (Phi) is 5.93. The first-order valence-electron chi connectivity index (χ1n) is 8.69. The first-order chi connectivity index (χ1) is 14.5. The summed E-state index contributed by atoms with van der Waals surface area (Å²) in [6, 6.07) is 8.96. The zero-order chi connectivity index (χ0) is 22.8. The molecule has 31 heavy (non-hydrogen) atoms. The van der Waals surface area contributed by atoms with Gasteiger partial charge in [0, 0.05) is 30.7 Å². The van der Waals surface area contributed by atoms with E-state index in [-0.39, 0.29) is 22.0 Å². The predicted molar refractivity (Wildman–Crippen MR) is 106 cm³/mol. The lowest BCUT2D eigenvalue weighted by atomic mass is 10.2. The maximum atomic E-state index is 12.7. The molecule has 0 aliphatic heterocycles. The molecule has 0 atom stereocenters. The lowest BCUT2D eigenvalue weighted by molar-refractivity contribution is -0.137. The largest absolute Gasteiger partial charge is 0.495 e. The number of ether oxygens (including phenoxy) is 1. The summed E-state index contributed by atoms with van der Waals surface area (Å²) in [6.45, 7) is 0. The van der Waals surface area contributed by atoms with E-state index in [2.05, 4.69) is 15.1 Å². The lowest BCUT2D eigenvalue weighted by Crippen LogP contribution is -2.17. The Morgan fingerprint density at radius 1 is 1.06 bits per heavy atom. The molecule has 0 radical (unpaired) electrons. The van der Waals surface area contributed by atoms with Crippen LogP contribution in [0.2, 0.25) is 0 Å². The van der Waals surface area contributed by atoms with Crippen molar-refractivity contribution in [2.24, 2.45) is 7.05 Å². The average molecular weight is 454 g/mol. The highest BCUT2D eigenvalue weighted by molar-refractivity contribution is 7.92. The molecule has 8 nitrogen and oxygen atoms in total. The molecule has 0 unspecified atom stereocenters. The van der Waals surface area contributed by atoms with Gasteiger partial charge in [0.05, 0.1) is 12.7 Å². The number of benzene rings is 2. The van der Waals surface area contributed by atoms with Crippen LogP contribution in [-0.2, 0) is 23.2 Å². The summed E-state index contributed by atoms with van der Waals surface area (Å²) in [5.41, 5.74) is -0.388. The summed E-state index contributed by atoms with van der Waals surface area (Å²) in [4.78, 5) is 12.0. The molecule has 0 saturated carbocycles. The fraction of sp³-hybridized carbons (Fsp3) is 0.158. The highest BCUT2D eigenvalue weighted by Gasteiger charge is 2.30. The SMILES string of the molecule is COc1cc(NC(=O)c2ccnn2C)ccc1S(=O)(=O)Nc1ccc(C(F)(F)F)cc1. The normalized spacial score (nSPS) is 11.8. The molecule has 1 aromatic heterocycles. The van der Waals surface area contributed by atoms with Gasteiger partial charge in [-0.15, -0.1) is 0 Å². The maximum absolute atomic E-state index is 12.7. The van der Waals surface area contributed by atoms with E-state index in [9.17, 15) is 26.4 Å². The van der Waals surface area contributed by atoms with Crippen LogP contribution >= 0.6 is 0 Å². The quantitative estimate of drug-likeness (QED) is 0.594. The van der Waals surface area contributed by atoms with Crippen molar-refractivity contribution in [2.75, 3.05) is 17.1 Å². The Labute approximate surface area is 175 Å². The first-order valence-corrected chi connectivity index (χ1v) is 10.2. The standard InChI is InChI=1S/C19H17F3N4O4S/c1-26-15(9-10-23-26)18(27)24-14-7-8-17(16(11-14)30-2)31(28,29)25-13-5-3-12(4-6-13)19(20,21)22/h3-11,25H,1-2H3,(H,24,27). The second kappa shape index (κ2) is 8.30. The Bertz CT molecular complexity index is 1210. The Hall–Kier alpha value is -3.54. The molecule has 0 saturated heterocycles. The highest BCUT2D eigenvalue weighted by atomic mass is 32.2. The molecular formula is C19H17F3N4O4S. The smallest absolute Gasteiger partial charge is 0.416 e. The summed E-state index contributed by atoms with van der Waals surface area (Å²) in [5.74, 6) is -0.525. The molecule has 0 spiro atoms. The summed E-state index contributed by atoms with van der Waals surface area (Å²) in [5, 5.41) is 6.51. The number of aromatic nitrogens is 2. The van der Waals surface area contributed by atoms with Crippen LogP contribution in [0.3, 0.4) is 0 Å². The van der Waals surface area contributed by atoms with Gasteiger partial charge in [0.15, 0.2) is 0 Å². The number of anilines is 2. The minimum atomic E-state index is -4.53. The Balaban J connectivity index is 1.82. The van der Waals surface area contributed by atoms with E-state index in [0.717, 1.165) is 24.3 Å². The van der Waals surface area contributed by atoms with Crippen LogP contribution in [0.25, 0.3) is 0 Å². The van der Waals surface area contributed by atoms with Gasteiger partial charge in [0.1, 0.15) is 16.3 Å². The van der Waals surface area contributed by atoms with Crippen LogP contribution in [0.1, 0.15) is 16.1 Å². The Morgan fingerprint density at radius 2 is 1.71 bits per heavy atom. The van der Waals surface area contributed by atoms with Crippen LogP contribution < -0.4 is 14.8 Å². The van der Waals surface area contributed by atoms with Gasteiger partial charge >= 0.3 is 6.18 Å². The molecule has 12 heteroatoms. The molecule has 0 bridgehead atoms. The third-order valence-corrected chi connectivity index (χ3v) is 5.65. The molecule has 0 aliphatic carbocycles. The van der Waals surface area contributed by atoms with Crippen LogP contribution in [0, 0.1) is 0 Å². The van der Waals surface area contributed by atoms with Crippen molar-refractivity contribution in [2.45, 2.75) is 11.1 Å². The fourth-order valence-corrected chi connectivity index (χ4v) is 3.91. The molecular weight excluding hydrogens is 437 g/mol. The number of amides is 1. The molecule has 0 aliphatic rings. The van der Waals surface area contributed by atoms with Gasteiger partial charge in [-0.25, -0.2) is 8.42 Å². The minimum absolute atomic E-state index is 0.0522. The number of carbonyl (C=O) groups excluding carboxylic acids is 1. The van der Waals surface area contributed by atoms with E-state index in [1.807, 2.05) is 0 Å². The second-order valence-electron chi connectivity index (χ2n) is 6.34. The number of carbonyl (C=O) groups is 1. The molecule has 2 aromatic carbocycles. The topological polar surface area (TPSA) is 102 Å². The monoisotopic (exact) mass is 454 g/mol. The van der Waals surface area contributed by atoms with Crippen LogP contribution in [0.15, 0.2) is 59.6 Å². The van der Waals surface area contributed by atoms with E-state index < -0.39 is 27.7 Å². The van der Waals surface area contributed by atoms with Gasteiger partial charge in [-0.3, -0.25) is 14.2 Å². The van der Waals surface area contributed by atoms with Crippen LogP contribution in [-0.4, -0.2) is 31.2 Å². The molecule has 3 rings (SSSR count). The molecule has 1 amide bonds. The molecule has 0 fully saturated rings. The summed E-state index contributed by atoms with van der Waals surface area (Å²) < 4.78 is 72.2. The molecule has 2 N–H and O–H groups in total. The fourth-order valence-electron chi connectivity index (χ4n) is 2.70. The van der Waals surface area contributed by atoms with Gasteiger partial charge in [0.25, 0.3) is 15.9 Å². The van der Waals surface area contributed by atoms with Crippen molar-refractivity contribution >= 4 is 27.3 Å². The third-order valence-electron chi connectivity index (χ3n) is 4.23. The summed E-state index contributed by atoms with van der Waals surface area (Å²) >= 11 is 0. The van der Waals surface area contributed by atoms with Gasteiger partial charge in [-0.2, -0.15) is 18.3 Å². The van der Waals surface area contributed by atoms with Gasteiger partial charge in [-0.1, -0.05) is 0 Å². The third kappa shape index (κ3) is 4.97. The van der Waals surface area contributed by atoms with Gasteiger partial charge in [-0.05, 0) is 42.5 Å². The number of sulfonamides is 1. The zero-order valence-electron chi connectivity index (χ0n) is 16.3. The highest BCUT2D eigenvalue weighted by Crippen LogP contribution is 2.32. The van der Waals surface area contributed by atoms with Crippen molar-refractivity contribution in [1.29, 1.82) is 0 Å². The first kappa shape index (κ1) is 22.2. The van der Waals surface area contributed by atoms with Crippen molar-refractivity contribution in [3.8, 4) is 5.75 Å². The van der Waals surface area contributed by atoms with Crippen molar-refractivity contribution < 1.29 is 31.1 Å². The predicted octanol–water partition coefficient (Wildman–Crippen LogP) is 3.50. The number of methoxy groups -OCH3 is 1. The van der Waals surface area contributed by atoms with E-state index in [1.165, 1.54) is 42.3 Å². The number of aryl methyl sites for hydroxylation is 1. The number of alkyl halides is 3. The molecule has 1 heterocycles. The maximum Gasteiger partial charge on any atom is 0.416 e. The van der Waals surface area contributed by atoms with Crippen LogP contribution in [0.4, 0.5) is 24.5 Å². The van der Waals surface area contributed by atoms with E-state index in [4.69, 9.17) is 4.74 Å².